The van der Waals surface area contributed by atoms with Crippen molar-refractivity contribution in [3.05, 3.63) is 87.9 Å². The van der Waals surface area contributed by atoms with Gasteiger partial charge < -0.3 is 4.74 Å². The third-order valence-electron chi connectivity index (χ3n) is 4.35. The molecule has 0 aliphatic carbocycles. The SMILES string of the molecule is Cc1ccc(Cn2cnc(NC(=O)c3ccn(COc4ccc(Cl)cc4Cl)n3)n2)cc1. The Balaban J connectivity index is 1.33. The molecule has 31 heavy (non-hydrogen) atoms. The van der Waals surface area contributed by atoms with Gasteiger partial charge in [0.05, 0.1) is 11.6 Å². The summed E-state index contributed by atoms with van der Waals surface area (Å²) >= 11 is 12.0. The molecule has 0 bridgehead atoms. The molecule has 0 unspecified atom stereocenters. The fraction of sp³-hybridized carbons (Fsp3) is 0.143. The molecule has 0 aliphatic rings. The number of aryl methyl sites for hydroxylation is 1. The van der Waals surface area contributed by atoms with Crippen LogP contribution in [0.15, 0.2) is 61.1 Å². The molecule has 0 saturated heterocycles. The molecule has 8 nitrogen and oxygen atoms in total. The van der Waals surface area contributed by atoms with E-state index in [4.69, 9.17) is 27.9 Å². The largest absolute Gasteiger partial charge is 0.470 e. The molecule has 0 aliphatic heterocycles. The summed E-state index contributed by atoms with van der Waals surface area (Å²) in [6.45, 7) is 2.67. The van der Waals surface area contributed by atoms with Gasteiger partial charge in [0.1, 0.15) is 12.1 Å². The first kappa shape index (κ1) is 20.9. The van der Waals surface area contributed by atoms with Crippen LogP contribution in [0.25, 0.3) is 0 Å². The van der Waals surface area contributed by atoms with E-state index in [0.717, 1.165) is 5.56 Å². The second kappa shape index (κ2) is 9.20. The molecule has 158 valence electrons. The van der Waals surface area contributed by atoms with Crippen molar-refractivity contribution in [2.24, 2.45) is 0 Å². The van der Waals surface area contributed by atoms with E-state index in [-0.39, 0.29) is 18.4 Å². The molecular formula is C21H18Cl2N6O2. The smallest absolute Gasteiger partial charge is 0.278 e. The van der Waals surface area contributed by atoms with E-state index in [1.807, 2.05) is 31.2 Å². The van der Waals surface area contributed by atoms with Crippen LogP contribution in [0.5, 0.6) is 5.75 Å². The first-order valence-electron chi connectivity index (χ1n) is 9.34. The van der Waals surface area contributed by atoms with Crippen molar-refractivity contribution in [1.82, 2.24) is 24.5 Å². The number of hydrogen-bond donors (Lipinski definition) is 1. The number of carbonyl (C=O) groups is 1. The number of aromatic nitrogens is 5. The van der Waals surface area contributed by atoms with Crippen molar-refractivity contribution < 1.29 is 9.53 Å². The molecule has 4 aromatic rings. The molecule has 0 fully saturated rings. The van der Waals surface area contributed by atoms with Crippen LogP contribution in [-0.2, 0) is 13.3 Å². The van der Waals surface area contributed by atoms with Crippen LogP contribution >= 0.6 is 23.2 Å². The lowest BCUT2D eigenvalue weighted by Crippen LogP contribution is -2.15. The van der Waals surface area contributed by atoms with Gasteiger partial charge in [0.15, 0.2) is 12.4 Å². The van der Waals surface area contributed by atoms with E-state index in [1.165, 1.54) is 10.2 Å². The highest BCUT2D eigenvalue weighted by atomic mass is 35.5. The molecule has 1 amide bonds. The maximum Gasteiger partial charge on any atom is 0.278 e. The number of carbonyl (C=O) groups excluding carboxylic acids is 1. The lowest BCUT2D eigenvalue weighted by molar-refractivity contribution is 0.101. The molecule has 4 rings (SSSR count). The van der Waals surface area contributed by atoms with Gasteiger partial charge in [-0.15, -0.1) is 5.10 Å². The number of ether oxygens (including phenoxy) is 1. The highest BCUT2D eigenvalue weighted by Crippen LogP contribution is 2.27. The van der Waals surface area contributed by atoms with Gasteiger partial charge >= 0.3 is 0 Å². The van der Waals surface area contributed by atoms with Crippen LogP contribution in [0.4, 0.5) is 5.95 Å². The second-order valence-electron chi connectivity index (χ2n) is 6.79. The zero-order valence-electron chi connectivity index (χ0n) is 16.5. The van der Waals surface area contributed by atoms with Gasteiger partial charge in [-0.3, -0.25) is 10.1 Å². The Bertz CT molecular complexity index is 1200. The minimum atomic E-state index is -0.420. The summed E-state index contributed by atoms with van der Waals surface area (Å²) in [6.07, 6.45) is 3.19. The molecule has 0 saturated carbocycles. The van der Waals surface area contributed by atoms with Crippen molar-refractivity contribution in [3.8, 4) is 5.75 Å². The van der Waals surface area contributed by atoms with Crippen molar-refractivity contribution in [1.29, 1.82) is 0 Å². The highest BCUT2D eigenvalue weighted by Gasteiger charge is 2.13. The Hall–Kier alpha value is -3.36. The summed E-state index contributed by atoms with van der Waals surface area (Å²) in [7, 11) is 0. The third kappa shape index (κ3) is 5.42. The molecule has 0 atom stereocenters. The van der Waals surface area contributed by atoms with E-state index in [9.17, 15) is 4.79 Å². The van der Waals surface area contributed by atoms with E-state index in [0.29, 0.717) is 22.3 Å². The molecule has 0 spiro atoms. The molecular weight excluding hydrogens is 439 g/mol. The number of anilines is 1. The Labute approximate surface area is 188 Å². The molecule has 0 radical (unpaired) electrons. The zero-order valence-corrected chi connectivity index (χ0v) is 18.0. The van der Waals surface area contributed by atoms with Gasteiger partial charge in [-0.25, -0.2) is 14.3 Å². The number of benzene rings is 2. The average molecular weight is 457 g/mol. The first-order chi connectivity index (χ1) is 15.0. The lowest BCUT2D eigenvalue weighted by atomic mass is 10.1. The number of amides is 1. The first-order valence-corrected chi connectivity index (χ1v) is 10.1. The standard InChI is InChI=1S/C21H18Cl2N6O2/c1-14-2-4-15(5-3-14)11-29-12-24-21(27-29)25-20(30)18-8-9-28(26-18)13-31-19-7-6-16(22)10-17(19)23/h2-10,12H,11,13H2,1H3,(H,25,27,30). The number of halogens is 2. The predicted molar refractivity (Wildman–Crippen MR) is 118 cm³/mol. The van der Waals surface area contributed by atoms with Gasteiger partial charge in [0, 0.05) is 11.2 Å². The molecule has 2 aromatic heterocycles. The Morgan fingerprint density at radius 1 is 1.06 bits per heavy atom. The Kier molecular flexibility index (Phi) is 6.20. The minimum absolute atomic E-state index is 0.0814. The fourth-order valence-corrected chi connectivity index (χ4v) is 3.22. The maximum atomic E-state index is 12.4. The van der Waals surface area contributed by atoms with Gasteiger partial charge in [0.2, 0.25) is 5.95 Å². The topological polar surface area (TPSA) is 86.9 Å². The summed E-state index contributed by atoms with van der Waals surface area (Å²) in [4.78, 5) is 16.6. The number of rotatable bonds is 7. The van der Waals surface area contributed by atoms with E-state index >= 15 is 0 Å². The van der Waals surface area contributed by atoms with E-state index < -0.39 is 5.91 Å². The van der Waals surface area contributed by atoms with Crippen LogP contribution in [-0.4, -0.2) is 30.5 Å². The van der Waals surface area contributed by atoms with Crippen molar-refractivity contribution in [2.45, 2.75) is 20.2 Å². The quantitative estimate of drug-likeness (QED) is 0.444. The summed E-state index contributed by atoms with van der Waals surface area (Å²) in [5.41, 5.74) is 2.49. The maximum absolute atomic E-state index is 12.4. The number of nitrogens with zero attached hydrogens (tertiary/aromatic N) is 5. The zero-order chi connectivity index (χ0) is 21.8. The Morgan fingerprint density at radius 3 is 2.65 bits per heavy atom. The van der Waals surface area contributed by atoms with Gasteiger partial charge in [-0.2, -0.15) is 5.10 Å². The second-order valence-corrected chi connectivity index (χ2v) is 7.64. The Morgan fingerprint density at radius 2 is 1.87 bits per heavy atom. The van der Waals surface area contributed by atoms with Gasteiger partial charge in [0.25, 0.3) is 5.91 Å². The summed E-state index contributed by atoms with van der Waals surface area (Å²) in [5.74, 6) is 0.253. The fourth-order valence-electron chi connectivity index (χ4n) is 2.76. The van der Waals surface area contributed by atoms with E-state index in [2.05, 4.69) is 20.5 Å². The molecule has 2 aromatic carbocycles. The van der Waals surface area contributed by atoms with Crippen molar-refractivity contribution in [3.63, 3.8) is 0 Å². The van der Waals surface area contributed by atoms with Crippen LogP contribution in [0, 0.1) is 6.92 Å². The monoisotopic (exact) mass is 456 g/mol. The summed E-state index contributed by atoms with van der Waals surface area (Å²) < 4.78 is 8.74. The summed E-state index contributed by atoms with van der Waals surface area (Å²) in [5, 5.41) is 12.0. The predicted octanol–water partition coefficient (Wildman–Crippen LogP) is 4.43. The van der Waals surface area contributed by atoms with Crippen LogP contribution < -0.4 is 10.1 Å². The van der Waals surface area contributed by atoms with E-state index in [1.54, 1.807) is 41.5 Å². The van der Waals surface area contributed by atoms with Crippen LogP contribution in [0.3, 0.4) is 0 Å². The molecule has 1 N–H and O–H groups in total. The van der Waals surface area contributed by atoms with Crippen LogP contribution in [0.1, 0.15) is 21.6 Å². The van der Waals surface area contributed by atoms with Crippen molar-refractivity contribution >= 4 is 35.1 Å². The number of hydrogen-bond acceptors (Lipinski definition) is 5. The van der Waals surface area contributed by atoms with Crippen LogP contribution in [0.2, 0.25) is 10.0 Å². The number of nitrogens with one attached hydrogen (secondary N) is 1. The third-order valence-corrected chi connectivity index (χ3v) is 4.88. The lowest BCUT2D eigenvalue weighted by Gasteiger charge is -2.08. The van der Waals surface area contributed by atoms with Gasteiger partial charge in [-0.05, 0) is 36.8 Å². The van der Waals surface area contributed by atoms with Gasteiger partial charge in [-0.1, -0.05) is 53.0 Å². The van der Waals surface area contributed by atoms with Crippen molar-refractivity contribution in [2.75, 3.05) is 5.32 Å². The summed E-state index contributed by atoms with van der Waals surface area (Å²) in [6, 6.07) is 14.6. The molecule has 2 heterocycles. The normalized spacial score (nSPS) is 10.8. The molecule has 10 heteroatoms. The average Bonchev–Trinajstić information content (AvgIpc) is 3.39. The highest BCUT2D eigenvalue weighted by molar-refractivity contribution is 6.35. The minimum Gasteiger partial charge on any atom is -0.470 e.